The lowest BCUT2D eigenvalue weighted by Gasteiger charge is -2.26. The molecule has 0 aliphatic rings. The van der Waals surface area contributed by atoms with Crippen molar-refractivity contribution in [3.05, 3.63) is 59.7 Å². The highest BCUT2D eigenvalue weighted by Gasteiger charge is 2.23. The van der Waals surface area contributed by atoms with Crippen LogP contribution in [0.1, 0.15) is 50.7 Å². The summed E-state index contributed by atoms with van der Waals surface area (Å²) in [6.07, 6.45) is 0.743. The quantitative estimate of drug-likeness (QED) is 0.269. The Balaban J connectivity index is 1.91. The van der Waals surface area contributed by atoms with Crippen molar-refractivity contribution in [3.63, 3.8) is 0 Å². The van der Waals surface area contributed by atoms with Crippen LogP contribution < -0.4 is 9.47 Å². The van der Waals surface area contributed by atoms with Crippen LogP contribution in [0.3, 0.4) is 0 Å². The second kappa shape index (κ2) is 13.4. The number of benzene rings is 2. The minimum Gasteiger partial charge on any atom is -0.434 e. The molecule has 0 fully saturated rings. The van der Waals surface area contributed by atoms with E-state index in [-0.39, 0.29) is 31.8 Å². The van der Waals surface area contributed by atoms with Gasteiger partial charge in [-0.05, 0) is 61.1 Å². The predicted octanol–water partition coefficient (Wildman–Crippen LogP) is 4.59. The molecule has 0 saturated heterocycles. The maximum Gasteiger partial charge on any atom is 0.513 e. The molecule has 0 aromatic heterocycles. The van der Waals surface area contributed by atoms with E-state index in [1.807, 2.05) is 24.3 Å². The standard InChI is InChI=1S/C25H32O8/c1-25(2,19-7-11-21(12-8-19)32-23(28)30-17-5-3-15-26)20-9-13-22(14-10-20)33-24(29)31-18-6-4-16-27/h7-14,26-27H,3-6,15-18H2,1-2H3. The molecule has 0 amide bonds. The summed E-state index contributed by atoms with van der Waals surface area (Å²) >= 11 is 0. The third-order valence-electron chi connectivity index (χ3n) is 5.10. The first-order chi connectivity index (χ1) is 15.9. The van der Waals surface area contributed by atoms with E-state index in [0.29, 0.717) is 37.2 Å². The van der Waals surface area contributed by atoms with Crippen molar-refractivity contribution in [2.45, 2.75) is 44.9 Å². The molecule has 8 heteroatoms. The van der Waals surface area contributed by atoms with E-state index in [9.17, 15) is 9.59 Å². The average Bonchev–Trinajstić information content (AvgIpc) is 2.80. The Bertz CT molecular complexity index is 787. The van der Waals surface area contributed by atoms with E-state index in [2.05, 4.69) is 13.8 Å². The Morgan fingerprint density at radius 2 is 1.03 bits per heavy atom. The highest BCUT2D eigenvalue weighted by atomic mass is 16.7. The van der Waals surface area contributed by atoms with Crippen molar-refractivity contribution in [2.24, 2.45) is 0 Å². The normalized spacial score (nSPS) is 11.0. The summed E-state index contributed by atoms with van der Waals surface area (Å²) in [4.78, 5) is 23.4. The Morgan fingerprint density at radius 3 is 1.36 bits per heavy atom. The Morgan fingerprint density at radius 1 is 0.667 bits per heavy atom. The van der Waals surface area contributed by atoms with E-state index in [0.717, 1.165) is 11.1 Å². The zero-order valence-electron chi connectivity index (χ0n) is 19.1. The molecular weight excluding hydrogens is 428 g/mol. The fourth-order valence-electron chi connectivity index (χ4n) is 3.04. The van der Waals surface area contributed by atoms with Gasteiger partial charge in [-0.3, -0.25) is 0 Å². The van der Waals surface area contributed by atoms with Gasteiger partial charge < -0.3 is 29.2 Å². The summed E-state index contributed by atoms with van der Waals surface area (Å²) < 4.78 is 20.2. The van der Waals surface area contributed by atoms with E-state index >= 15 is 0 Å². The maximum absolute atomic E-state index is 11.7. The number of aliphatic hydroxyl groups is 2. The van der Waals surface area contributed by atoms with Crippen molar-refractivity contribution >= 4 is 12.3 Å². The highest BCUT2D eigenvalue weighted by Crippen LogP contribution is 2.33. The van der Waals surface area contributed by atoms with Crippen LogP contribution in [-0.2, 0) is 14.9 Å². The summed E-state index contributed by atoms with van der Waals surface area (Å²) in [7, 11) is 0. The Labute approximate surface area is 194 Å². The van der Waals surface area contributed by atoms with Crippen molar-refractivity contribution in [3.8, 4) is 11.5 Å². The van der Waals surface area contributed by atoms with Crippen LogP contribution in [-0.4, -0.2) is 49.0 Å². The number of hydrogen-bond acceptors (Lipinski definition) is 8. The maximum atomic E-state index is 11.7. The topological polar surface area (TPSA) is 112 Å². The molecule has 0 aliphatic heterocycles. The van der Waals surface area contributed by atoms with Gasteiger partial charge >= 0.3 is 12.3 Å². The summed E-state index contributed by atoms with van der Waals surface area (Å²) in [5.41, 5.74) is 1.65. The predicted molar refractivity (Wildman–Crippen MR) is 122 cm³/mol. The smallest absolute Gasteiger partial charge is 0.434 e. The fourth-order valence-corrected chi connectivity index (χ4v) is 3.04. The minimum absolute atomic E-state index is 0.0596. The minimum atomic E-state index is -0.775. The number of unbranched alkanes of at least 4 members (excludes halogenated alkanes) is 2. The van der Waals surface area contributed by atoms with Gasteiger partial charge in [-0.1, -0.05) is 38.1 Å². The third-order valence-corrected chi connectivity index (χ3v) is 5.10. The van der Waals surface area contributed by atoms with Gasteiger partial charge in [-0.25, -0.2) is 9.59 Å². The molecule has 8 nitrogen and oxygen atoms in total. The van der Waals surface area contributed by atoms with Crippen LogP contribution in [0, 0.1) is 0 Å². The Kier molecular flexibility index (Phi) is 10.7. The molecule has 0 aliphatic carbocycles. The van der Waals surface area contributed by atoms with Gasteiger partial charge in [0.15, 0.2) is 0 Å². The number of hydrogen-bond donors (Lipinski definition) is 2. The number of aliphatic hydroxyl groups excluding tert-OH is 2. The number of ether oxygens (including phenoxy) is 4. The number of carbonyl (C=O) groups is 2. The zero-order chi connectivity index (χ0) is 24.1. The van der Waals surface area contributed by atoms with E-state index in [1.165, 1.54) is 0 Å². The van der Waals surface area contributed by atoms with Crippen molar-refractivity contribution in [1.29, 1.82) is 0 Å². The zero-order valence-corrected chi connectivity index (χ0v) is 19.1. The molecule has 0 spiro atoms. The Hall–Kier alpha value is -3.10. The SMILES string of the molecule is CC(C)(c1ccc(OC(=O)OCCCCO)cc1)c1ccc(OC(=O)OCCCCO)cc1. The first-order valence-corrected chi connectivity index (χ1v) is 11.0. The lowest BCUT2D eigenvalue weighted by atomic mass is 9.78. The molecule has 2 aromatic rings. The second-order valence-corrected chi connectivity index (χ2v) is 7.94. The van der Waals surface area contributed by atoms with Crippen molar-refractivity contribution < 1.29 is 38.7 Å². The summed E-state index contributed by atoms with van der Waals surface area (Å²) in [6, 6.07) is 14.3. The van der Waals surface area contributed by atoms with Gasteiger partial charge in [0.25, 0.3) is 0 Å². The second-order valence-electron chi connectivity index (χ2n) is 7.94. The summed E-state index contributed by atoms with van der Waals surface area (Å²) in [5.74, 6) is 0.755. The van der Waals surface area contributed by atoms with Crippen LogP contribution in [0.2, 0.25) is 0 Å². The van der Waals surface area contributed by atoms with Crippen molar-refractivity contribution in [1.82, 2.24) is 0 Å². The van der Waals surface area contributed by atoms with Crippen LogP contribution in [0.15, 0.2) is 48.5 Å². The molecular formula is C25H32O8. The fraction of sp³-hybridized carbons (Fsp3) is 0.440. The molecule has 0 radical (unpaired) electrons. The molecule has 0 atom stereocenters. The van der Waals surface area contributed by atoms with E-state index in [4.69, 9.17) is 29.2 Å². The highest BCUT2D eigenvalue weighted by molar-refractivity contribution is 5.64. The van der Waals surface area contributed by atoms with E-state index < -0.39 is 12.3 Å². The molecule has 2 aromatic carbocycles. The van der Waals surface area contributed by atoms with Gasteiger partial charge in [0, 0.05) is 18.6 Å². The average molecular weight is 461 g/mol. The molecule has 0 heterocycles. The molecule has 2 rings (SSSR count). The first-order valence-electron chi connectivity index (χ1n) is 11.0. The van der Waals surface area contributed by atoms with Gasteiger partial charge in [-0.15, -0.1) is 0 Å². The lowest BCUT2D eigenvalue weighted by molar-refractivity contribution is 0.0947. The van der Waals surface area contributed by atoms with Gasteiger partial charge in [0.2, 0.25) is 0 Å². The van der Waals surface area contributed by atoms with E-state index in [1.54, 1.807) is 24.3 Å². The molecule has 0 unspecified atom stereocenters. The summed E-state index contributed by atoms with van der Waals surface area (Å²) in [5, 5.41) is 17.5. The number of carbonyl (C=O) groups excluding carboxylic acids is 2. The monoisotopic (exact) mass is 460 g/mol. The molecule has 180 valence electrons. The van der Waals surface area contributed by atoms with Crippen LogP contribution >= 0.6 is 0 Å². The van der Waals surface area contributed by atoms with Crippen molar-refractivity contribution in [2.75, 3.05) is 26.4 Å². The van der Waals surface area contributed by atoms with Crippen LogP contribution in [0.25, 0.3) is 0 Å². The molecule has 0 bridgehead atoms. The van der Waals surface area contributed by atoms with Gasteiger partial charge in [0.05, 0.1) is 13.2 Å². The van der Waals surface area contributed by atoms with Crippen LogP contribution in [0.4, 0.5) is 9.59 Å². The van der Waals surface area contributed by atoms with Gasteiger partial charge in [0.1, 0.15) is 11.5 Å². The first kappa shape index (κ1) is 26.2. The number of rotatable bonds is 12. The lowest BCUT2D eigenvalue weighted by Crippen LogP contribution is -2.19. The summed E-state index contributed by atoms with van der Waals surface area (Å²) in [6.45, 7) is 4.64. The molecule has 33 heavy (non-hydrogen) atoms. The largest absolute Gasteiger partial charge is 0.513 e. The van der Waals surface area contributed by atoms with Crippen LogP contribution in [0.5, 0.6) is 11.5 Å². The molecule has 0 saturated carbocycles. The third kappa shape index (κ3) is 8.75. The molecule has 2 N–H and O–H groups in total. The van der Waals surface area contributed by atoms with Gasteiger partial charge in [-0.2, -0.15) is 0 Å².